The van der Waals surface area contributed by atoms with Crippen LogP contribution in [0.15, 0.2) is 20.4 Å². The number of hydrogen-bond acceptors (Lipinski definition) is 8. The van der Waals surface area contributed by atoms with Crippen molar-refractivity contribution in [3.05, 3.63) is 0 Å². The number of hydrogen-bond donors (Lipinski definition) is 4. The molecule has 0 heterocycles. The number of nitrogens with two attached hydrogens (primary N) is 2. The van der Waals surface area contributed by atoms with Crippen molar-refractivity contribution in [1.82, 2.24) is 10.6 Å². The molecule has 0 aromatic rings. The Morgan fingerprint density at radius 1 is 0.957 bits per heavy atom. The lowest BCUT2D eigenvalue weighted by atomic mass is 10.5. The Bertz CT molecular complexity index is 526. The van der Waals surface area contributed by atoms with Gasteiger partial charge >= 0.3 is 12.2 Å². The lowest BCUT2D eigenvalue weighted by Crippen LogP contribution is -2.37. The normalized spacial score (nSPS) is 12.9. The molecule has 0 unspecified atom stereocenters. The maximum absolute atomic E-state index is 11.0. The summed E-state index contributed by atoms with van der Waals surface area (Å²) >= 11 is 0. The van der Waals surface area contributed by atoms with Gasteiger partial charge in [0.1, 0.15) is 0 Å². The van der Waals surface area contributed by atoms with E-state index in [-0.39, 0.29) is 25.1 Å². The van der Waals surface area contributed by atoms with E-state index in [2.05, 4.69) is 40.5 Å². The number of carbonyl (C=O) groups is 2. The van der Waals surface area contributed by atoms with Gasteiger partial charge in [0.15, 0.2) is 0 Å². The summed E-state index contributed by atoms with van der Waals surface area (Å²) in [5, 5.41) is 18.5. The lowest BCUT2D eigenvalue weighted by molar-refractivity contribution is 0.156. The van der Waals surface area contributed by atoms with E-state index in [1.807, 2.05) is 0 Å². The fraction of sp³-hybridized carbons (Fsp3) is 0.455. The zero-order chi connectivity index (χ0) is 17.7. The summed E-state index contributed by atoms with van der Waals surface area (Å²) in [5.74, 6) is -0.498. The van der Waals surface area contributed by atoms with Crippen LogP contribution in [-0.2, 0) is 9.47 Å². The summed E-state index contributed by atoms with van der Waals surface area (Å²) in [6.45, 7) is 5.25. The average molecular weight is 328 g/mol. The molecule has 6 N–H and O–H groups in total. The lowest BCUT2D eigenvalue weighted by Gasteiger charge is -2.02. The van der Waals surface area contributed by atoms with E-state index in [0.29, 0.717) is 5.71 Å². The number of carbonyl (C=O) groups excluding carboxylic acids is 2. The van der Waals surface area contributed by atoms with E-state index in [1.54, 1.807) is 20.8 Å². The maximum Gasteiger partial charge on any atom is 0.413 e. The molecule has 0 spiro atoms. The van der Waals surface area contributed by atoms with E-state index in [9.17, 15) is 9.59 Å². The van der Waals surface area contributed by atoms with Crippen molar-refractivity contribution in [3.8, 4) is 0 Å². The van der Waals surface area contributed by atoms with Gasteiger partial charge in [-0.15, -0.1) is 10.2 Å². The van der Waals surface area contributed by atoms with Crippen LogP contribution in [0.5, 0.6) is 0 Å². The van der Waals surface area contributed by atoms with Gasteiger partial charge in [-0.3, -0.25) is 10.6 Å². The van der Waals surface area contributed by atoms with E-state index in [1.165, 1.54) is 6.21 Å². The molecule has 0 atom stereocenters. The highest BCUT2D eigenvalue weighted by Gasteiger charge is 2.02. The number of alkyl carbamates (subject to hydrolysis) is 2. The van der Waals surface area contributed by atoms with Crippen molar-refractivity contribution >= 4 is 36.0 Å². The van der Waals surface area contributed by atoms with Crippen molar-refractivity contribution in [1.29, 1.82) is 0 Å². The van der Waals surface area contributed by atoms with Gasteiger partial charge in [-0.2, -0.15) is 10.2 Å². The predicted octanol–water partition coefficient (Wildman–Crippen LogP) is -0.530. The van der Waals surface area contributed by atoms with E-state index < -0.39 is 12.2 Å². The van der Waals surface area contributed by atoms with Crippen LogP contribution in [0.1, 0.15) is 20.8 Å². The van der Waals surface area contributed by atoms with Gasteiger partial charge in [-0.05, 0) is 20.8 Å². The monoisotopic (exact) mass is 328 g/mol. The van der Waals surface area contributed by atoms with Crippen LogP contribution in [-0.4, -0.2) is 49.2 Å². The van der Waals surface area contributed by atoms with Crippen LogP contribution in [0, 0.1) is 0 Å². The Labute approximate surface area is 132 Å². The molecule has 0 radical (unpaired) electrons. The fourth-order valence-electron chi connectivity index (χ4n) is 0.927. The quantitative estimate of drug-likeness (QED) is 0.299. The minimum atomic E-state index is -0.739. The van der Waals surface area contributed by atoms with Gasteiger partial charge in [-0.1, -0.05) is 0 Å². The molecule has 2 amide bonds. The van der Waals surface area contributed by atoms with Crippen LogP contribution in [0.25, 0.3) is 0 Å². The zero-order valence-electron chi connectivity index (χ0n) is 13.1. The third-order valence-corrected chi connectivity index (χ3v) is 1.74. The molecule has 0 saturated carbocycles. The summed E-state index contributed by atoms with van der Waals surface area (Å²) in [5.41, 5.74) is 11.1. The van der Waals surface area contributed by atoms with Crippen LogP contribution >= 0.6 is 0 Å². The first-order valence-electron chi connectivity index (χ1n) is 6.50. The Morgan fingerprint density at radius 2 is 1.43 bits per heavy atom. The second-order valence-electron chi connectivity index (χ2n) is 3.65. The number of rotatable bonds is 5. The molecule has 128 valence electrons. The minimum absolute atomic E-state index is 0.202. The molecule has 0 aromatic carbocycles. The molecule has 0 aliphatic rings. The topological polar surface area (TPSA) is 178 Å². The molecule has 0 saturated heterocycles. The molecule has 23 heavy (non-hydrogen) atoms. The molecule has 0 aromatic heterocycles. The fourth-order valence-corrected chi connectivity index (χ4v) is 0.927. The second kappa shape index (κ2) is 11.5. The van der Waals surface area contributed by atoms with Gasteiger partial charge in [0.25, 0.3) is 0 Å². The number of ether oxygens (including phenoxy) is 2. The number of nitrogens with zero attached hydrogens (tertiary/aromatic N) is 4. The maximum atomic E-state index is 11.0. The first-order chi connectivity index (χ1) is 10.9. The average Bonchev–Trinajstić information content (AvgIpc) is 2.45. The molecular weight excluding hydrogens is 308 g/mol. The Kier molecular flexibility index (Phi) is 9.89. The zero-order valence-corrected chi connectivity index (χ0v) is 13.1. The highest BCUT2D eigenvalue weighted by Crippen LogP contribution is 1.81. The van der Waals surface area contributed by atoms with Gasteiger partial charge in [-0.25, -0.2) is 9.59 Å². The molecule has 0 aliphatic heterocycles. The summed E-state index contributed by atoms with van der Waals surface area (Å²) < 4.78 is 9.19. The Balaban J connectivity index is 4.47. The van der Waals surface area contributed by atoms with E-state index in [4.69, 9.17) is 11.5 Å². The highest BCUT2D eigenvalue weighted by atomic mass is 16.6. The summed E-state index contributed by atoms with van der Waals surface area (Å²) in [6, 6.07) is 0. The molecule has 0 aliphatic carbocycles. The second-order valence-corrected chi connectivity index (χ2v) is 3.65. The molecule has 0 fully saturated rings. The largest absolute Gasteiger partial charge is 0.450 e. The number of nitrogens with one attached hydrogen (secondary N) is 2. The minimum Gasteiger partial charge on any atom is -0.450 e. The van der Waals surface area contributed by atoms with Crippen molar-refractivity contribution in [2.45, 2.75) is 20.8 Å². The van der Waals surface area contributed by atoms with Crippen molar-refractivity contribution in [2.75, 3.05) is 13.2 Å². The molecule has 12 heteroatoms. The molecule has 0 bridgehead atoms. The number of guanidine groups is 2. The van der Waals surface area contributed by atoms with Crippen molar-refractivity contribution < 1.29 is 19.1 Å². The third kappa shape index (κ3) is 11.2. The van der Waals surface area contributed by atoms with Crippen LogP contribution in [0.4, 0.5) is 9.59 Å². The van der Waals surface area contributed by atoms with Gasteiger partial charge in [0, 0.05) is 0 Å². The Hall–Kier alpha value is -3.18. The van der Waals surface area contributed by atoms with Gasteiger partial charge in [0.2, 0.25) is 11.9 Å². The van der Waals surface area contributed by atoms with E-state index in [0.717, 1.165) is 0 Å². The summed E-state index contributed by atoms with van der Waals surface area (Å²) in [6.07, 6.45) is -0.268. The molecule has 12 nitrogen and oxygen atoms in total. The van der Waals surface area contributed by atoms with Gasteiger partial charge in [0.05, 0.1) is 25.1 Å². The van der Waals surface area contributed by atoms with Gasteiger partial charge < -0.3 is 20.9 Å². The standard InChI is InChI=1S/C11H20N8O4/c1-4-22-10(20)15-8(12)18-14-6-7(3)17-19-9(13)16-11(21)23-5-2/h6H,4-5H2,1-3H3,(H3,12,15,18,20)(H3,13,16,19,21)/b14-6+,17-7+. The van der Waals surface area contributed by atoms with E-state index >= 15 is 0 Å². The third-order valence-electron chi connectivity index (χ3n) is 1.74. The van der Waals surface area contributed by atoms with Crippen LogP contribution in [0.3, 0.4) is 0 Å². The first kappa shape index (κ1) is 19.8. The predicted molar refractivity (Wildman–Crippen MR) is 85.2 cm³/mol. The summed E-state index contributed by atoms with van der Waals surface area (Å²) in [4.78, 5) is 22.1. The first-order valence-corrected chi connectivity index (χ1v) is 6.50. The van der Waals surface area contributed by atoms with Crippen LogP contribution in [0.2, 0.25) is 0 Å². The van der Waals surface area contributed by atoms with Crippen LogP contribution < -0.4 is 22.1 Å². The smallest absolute Gasteiger partial charge is 0.413 e. The Morgan fingerprint density at radius 3 is 1.91 bits per heavy atom. The number of amides is 2. The highest BCUT2D eigenvalue weighted by molar-refractivity contribution is 6.29. The van der Waals surface area contributed by atoms with Crippen molar-refractivity contribution in [2.24, 2.45) is 31.9 Å². The SMILES string of the molecule is CCOC(=O)NC(N)=N/N=C/C(C)=N/N=C(N)NC(=O)OCC. The summed E-state index contributed by atoms with van der Waals surface area (Å²) in [7, 11) is 0. The van der Waals surface area contributed by atoms with Crippen molar-refractivity contribution in [3.63, 3.8) is 0 Å². The molecular formula is C11H20N8O4. The molecule has 0 rings (SSSR count).